The summed E-state index contributed by atoms with van der Waals surface area (Å²) in [6.07, 6.45) is 2.00. The van der Waals surface area contributed by atoms with Crippen LogP contribution in [0.25, 0.3) is 0 Å². The third-order valence-corrected chi connectivity index (χ3v) is 3.48. The van der Waals surface area contributed by atoms with Gasteiger partial charge in [-0.15, -0.1) is 0 Å². The molecule has 1 saturated heterocycles. The third-order valence-electron chi connectivity index (χ3n) is 3.48. The molecule has 1 fully saturated rings. The van der Waals surface area contributed by atoms with Crippen LogP contribution < -0.4 is 10.2 Å². The Bertz CT molecular complexity index is 562. The molecule has 1 amide bonds. The molecule has 1 atom stereocenters. The molecule has 124 valence electrons. The zero-order valence-electron chi connectivity index (χ0n) is 13.5. The number of esters is 1. The molecule has 1 N–H and O–H groups in total. The van der Waals surface area contributed by atoms with E-state index >= 15 is 0 Å². The fourth-order valence-corrected chi connectivity index (χ4v) is 2.22. The lowest BCUT2D eigenvalue weighted by Gasteiger charge is -2.28. The zero-order valence-corrected chi connectivity index (χ0v) is 13.5. The Kier molecular flexibility index (Phi) is 6.17. The minimum atomic E-state index is -0.849. The number of carbonyl (C=O) groups excluding carboxylic acids is 2. The van der Waals surface area contributed by atoms with Gasteiger partial charge in [0.1, 0.15) is 0 Å². The van der Waals surface area contributed by atoms with Crippen LogP contribution in [0.15, 0.2) is 36.4 Å². The minimum absolute atomic E-state index is 0.359. The van der Waals surface area contributed by atoms with Gasteiger partial charge in [-0.3, -0.25) is 4.79 Å². The fourth-order valence-electron chi connectivity index (χ4n) is 2.22. The molecule has 6 heteroatoms. The number of carbonyl (C=O) groups is 2. The molecule has 1 heterocycles. The van der Waals surface area contributed by atoms with Gasteiger partial charge in [0.2, 0.25) is 0 Å². The van der Waals surface area contributed by atoms with E-state index in [1.807, 2.05) is 24.3 Å². The highest BCUT2D eigenvalue weighted by atomic mass is 16.5. The van der Waals surface area contributed by atoms with Gasteiger partial charge in [0.15, 0.2) is 6.10 Å². The van der Waals surface area contributed by atoms with Crippen molar-refractivity contribution in [2.75, 3.05) is 36.5 Å². The summed E-state index contributed by atoms with van der Waals surface area (Å²) < 4.78 is 10.3. The summed E-state index contributed by atoms with van der Waals surface area (Å²) >= 11 is 0. The molecule has 23 heavy (non-hydrogen) atoms. The van der Waals surface area contributed by atoms with Crippen LogP contribution in [0.4, 0.5) is 11.4 Å². The summed E-state index contributed by atoms with van der Waals surface area (Å²) in [5, 5.41) is 2.74. The lowest BCUT2D eigenvalue weighted by molar-refractivity contribution is -0.148. The second-order valence-corrected chi connectivity index (χ2v) is 5.21. The van der Waals surface area contributed by atoms with Crippen LogP contribution in [0.1, 0.15) is 13.8 Å². The molecule has 1 aromatic carbocycles. The van der Waals surface area contributed by atoms with Crippen molar-refractivity contribution in [3.8, 4) is 0 Å². The van der Waals surface area contributed by atoms with Gasteiger partial charge in [-0.25, -0.2) is 4.79 Å². The number of benzene rings is 1. The molecule has 2 rings (SSSR count). The Hall–Kier alpha value is -2.34. The topological polar surface area (TPSA) is 67.9 Å². The Morgan fingerprint density at radius 3 is 2.52 bits per heavy atom. The molecule has 1 unspecified atom stereocenters. The van der Waals surface area contributed by atoms with Gasteiger partial charge < -0.3 is 19.7 Å². The van der Waals surface area contributed by atoms with Crippen molar-refractivity contribution in [2.24, 2.45) is 0 Å². The number of allylic oxidation sites excluding steroid dienone is 1. The van der Waals surface area contributed by atoms with Gasteiger partial charge in [0.25, 0.3) is 5.91 Å². The summed E-state index contributed by atoms with van der Waals surface area (Å²) in [7, 11) is 0. The number of morpholine rings is 1. The standard InChI is InChI=1S/C17H22N2O4/c1-3-4-16(20)23-13(2)17(21)18-14-5-7-15(8-6-14)19-9-11-22-12-10-19/h3-8,13H,9-12H2,1-2H3,(H,18,21)/b4-3+. The van der Waals surface area contributed by atoms with E-state index in [4.69, 9.17) is 9.47 Å². The maximum atomic E-state index is 12.0. The summed E-state index contributed by atoms with van der Waals surface area (Å²) in [5.74, 6) is -0.889. The third kappa shape index (κ3) is 5.10. The van der Waals surface area contributed by atoms with Crippen molar-refractivity contribution in [3.05, 3.63) is 36.4 Å². The molecule has 0 aromatic heterocycles. The summed E-state index contributed by atoms with van der Waals surface area (Å²) in [6.45, 7) is 6.44. The molecule has 0 saturated carbocycles. The van der Waals surface area contributed by atoms with E-state index in [2.05, 4.69) is 10.2 Å². The number of rotatable bonds is 5. The lowest BCUT2D eigenvalue weighted by atomic mass is 10.2. The first-order chi connectivity index (χ1) is 11.1. The van der Waals surface area contributed by atoms with Gasteiger partial charge in [0.05, 0.1) is 13.2 Å². The van der Waals surface area contributed by atoms with Gasteiger partial charge in [-0.2, -0.15) is 0 Å². The Morgan fingerprint density at radius 1 is 1.26 bits per heavy atom. The van der Waals surface area contributed by atoms with Crippen LogP contribution in [0.3, 0.4) is 0 Å². The number of amides is 1. The van der Waals surface area contributed by atoms with E-state index in [9.17, 15) is 9.59 Å². The molecular formula is C17H22N2O4. The van der Waals surface area contributed by atoms with Crippen molar-refractivity contribution in [1.82, 2.24) is 0 Å². The molecule has 0 aliphatic carbocycles. The van der Waals surface area contributed by atoms with E-state index in [1.54, 1.807) is 19.9 Å². The van der Waals surface area contributed by atoms with E-state index < -0.39 is 12.1 Å². The zero-order chi connectivity index (χ0) is 16.7. The smallest absolute Gasteiger partial charge is 0.331 e. The second kappa shape index (κ2) is 8.33. The number of hydrogen-bond donors (Lipinski definition) is 1. The van der Waals surface area contributed by atoms with E-state index in [0.717, 1.165) is 32.0 Å². The second-order valence-electron chi connectivity index (χ2n) is 5.21. The average molecular weight is 318 g/mol. The SMILES string of the molecule is C/C=C/C(=O)OC(C)C(=O)Nc1ccc(N2CCOCC2)cc1. The first-order valence-corrected chi connectivity index (χ1v) is 7.67. The maximum Gasteiger partial charge on any atom is 0.331 e. The number of hydrogen-bond acceptors (Lipinski definition) is 5. The highest BCUT2D eigenvalue weighted by Gasteiger charge is 2.17. The van der Waals surface area contributed by atoms with Gasteiger partial charge >= 0.3 is 5.97 Å². The van der Waals surface area contributed by atoms with E-state index in [0.29, 0.717) is 5.69 Å². The van der Waals surface area contributed by atoms with Crippen molar-refractivity contribution in [1.29, 1.82) is 0 Å². The molecular weight excluding hydrogens is 296 g/mol. The first-order valence-electron chi connectivity index (χ1n) is 7.67. The van der Waals surface area contributed by atoms with Crippen molar-refractivity contribution < 1.29 is 19.1 Å². The molecule has 0 bridgehead atoms. The maximum absolute atomic E-state index is 12.0. The molecule has 6 nitrogen and oxygen atoms in total. The molecule has 1 aromatic rings. The largest absolute Gasteiger partial charge is 0.449 e. The lowest BCUT2D eigenvalue weighted by Crippen LogP contribution is -2.36. The van der Waals surface area contributed by atoms with Crippen molar-refractivity contribution >= 4 is 23.3 Å². The van der Waals surface area contributed by atoms with Crippen LogP contribution in [-0.4, -0.2) is 44.3 Å². The van der Waals surface area contributed by atoms with Gasteiger partial charge in [-0.05, 0) is 38.1 Å². The number of nitrogens with one attached hydrogen (secondary N) is 1. The highest BCUT2D eigenvalue weighted by Crippen LogP contribution is 2.19. The highest BCUT2D eigenvalue weighted by molar-refractivity contribution is 5.96. The van der Waals surface area contributed by atoms with Crippen LogP contribution in [0.2, 0.25) is 0 Å². The summed E-state index contributed by atoms with van der Waals surface area (Å²) in [6, 6.07) is 7.58. The fraction of sp³-hybridized carbons (Fsp3) is 0.412. The van der Waals surface area contributed by atoms with E-state index in [-0.39, 0.29) is 5.91 Å². The average Bonchev–Trinajstić information content (AvgIpc) is 2.56. The molecule has 1 aliphatic heterocycles. The van der Waals surface area contributed by atoms with Crippen molar-refractivity contribution in [2.45, 2.75) is 20.0 Å². The number of anilines is 2. The number of ether oxygens (including phenoxy) is 2. The Balaban J connectivity index is 1.89. The molecule has 0 radical (unpaired) electrons. The quantitative estimate of drug-likeness (QED) is 0.664. The van der Waals surface area contributed by atoms with Crippen molar-refractivity contribution in [3.63, 3.8) is 0 Å². The molecule has 1 aliphatic rings. The van der Waals surface area contributed by atoms with Crippen LogP contribution >= 0.6 is 0 Å². The summed E-state index contributed by atoms with van der Waals surface area (Å²) in [4.78, 5) is 25.6. The Morgan fingerprint density at radius 2 is 1.91 bits per heavy atom. The van der Waals surface area contributed by atoms with Crippen LogP contribution in [0, 0.1) is 0 Å². The van der Waals surface area contributed by atoms with Gasteiger partial charge in [0, 0.05) is 30.5 Å². The normalized spacial score (nSPS) is 16.2. The number of nitrogens with zero attached hydrogens (tertiary/aromatic N) is 1. The van der Waals surface area contributed by atoms with Crippen LogP contribution in [0.5, 0.6) is 0 Å². The first kappa shape index (κ1) is 17.0. The predicted molar refractivity (Wildman–Crippen MR) is 88.5 cm³/mol. The van der Waals surface area contributed by atoms with Gasteiger partial charge in [-0.1, -0.05) is 6.08 Å². The monoisotopic (exact) mass is 318 g/mol. The predicted octanol–water partition coefficient (Wildman–Crippen LogP) is 1.97. The minimum Gasteiger partial charge on any atom is -0.449 e. The van der Waals surface area contributed by atoms with E-state index in [1.165, 1.54) is 6.08 Å². The summed E-state index contributed by atoms with van der Waals surface area (Å²) in [5.41, 5.74) is 1.76. The molecule has 0 spiro atoms. The van der Waals surface area contributed by atoms with Crippen LogP contribution in [-0.2, 0) is 19.1 Å². The Labute approximate surface area is 136 Å².